The summed E-state index contributed by atoms with van der Waals surface area (Å²) in [4.78, 5) is 13.3. The Morgan fingerprint density at radius 1 is 1.13 bits per heavy atom. The summed E-state index contributed by atoms with van der Waals surface area (Å²) in [5.74, 6) is 2.26. The maximum Gasteiger partial charge on any atom is 0.298 e. The van der Waals surface area contributed by atoms with Crippen LogP contribution in [0.3, 0.4) is 0 Å². The number of carbonyl (C=O) groups is 1. The van der Waals surface area contributed by atoms with Crippen LogP contribution in [0.25, 0.3) is 11.0 Å². The first-order valence-corrected chi connectivity index (χ1v) is 12.8. The van der Waals surface area contributed by atoms with Gasteiger partial charge in [-0.2, -0.15) is 5.10 Å². The molecule has 38 heavy (non-hydrogen) atoms. The minimum absolute atomic E-state index is 0.0558. The molecule has 1 N–H and O–H groups in total. The second-order valence-corrected chi connectivity index (χ2v) is 10.00. The summed E-state index contributed by atoms with van der Waals surface area (Å²) in [5.41, 5.74) is 2.87. The van der Waals surface area contributed by atoms with Gasteiger partial charge in [0.2, 0.25) is 0 Å². The Morgan fingerprint density at radius 2 is 1.84 bits per heavy atom. The number of fused-ring (bicyclic) bond motifs is 2. The molecule has 1 aliphatic rings. The van der Waals surface area contributed by atoms with E-state index in [4.69, 9.17) is 25.2 Å². The van der Waals surface area contributed by atoms with Gasteiger partial charge in [-0.05, 0) is 35.7 Å². The van der Waals surface area contributed by atoms with Crippen LogP contribution in [-0.2, 0) is 34.5 Å². The fraction of sp³-hybridized carbons (Fsp3) is 0.240. The van der Waals surface area contributed by atoms with Crippen molar-refractivity contribution in [1.82, 2.24) is 19.8 Å². The molecule has 3 heterocycles. The molecule has 13 heteroatoms. The zero-order valence-electron chi connectivity index (χ0n) is 20.7. The summed E-state index contributed by atoms with van der Waals surface area (Å²) in [6.45, 7) is 1.11. The molecule has 0 aliphatic carbocycles. The van der Waals surface area contributed by atoms with E-state index in [2.05, 4.69) is 20.9 Å². The van der Waals surface area contributed by atoms with Gasteiger partial charge < -0.3 is 23.6 Å². The second kappa shape index (κ2) is 9.64. The fourth-order valence-electron chi connectivity index (χ4n) is 4.42. The molecule has 196 valence electrons. The third kappa shape index (κ3) is 4.24. The molecule has 0 bridgehead atoms. The molecule has 0 saturated heterocycles. The standard InChI is InChI=1S/C25H23N5O7S/c1-5-22(31)29-13-16-11-26-30(17(16)14-29)12-15-9-20(36-4)23-21(10-15)37-27-25(23)28-38(32,33)24-18(34-2)7-6-8-19(24)35-3/h1,6-11H,12-14H2,2-4H3,(H,27,28). The second-order valence-electron chi connectivity index (χ2n) is 8.38. The Bertz CT molecular complexity index is 1680. The largest absolute Gasteiger partial charge is 0.496 e. The third-order valence-electron chi connectivity index (χ3n) is 6.18. The number of rotatable bonds is 8. The zero-order chi connectivity index (χ0) is 27.0. The topological polar surface area (TPSA) is 138 Å². The van der Waals surface area contributed by atoms with Crippen molar-refractivity contribution in [2.24, 2.45) is 0 Å². The molecule has 0 spiro atoms. The van der Waals surface area contributed by atoms with Gasteiger partial charge in [-0.1, -0.05) is 11.2 Å². The summed E-state index contributed by atoms with van der Waals surface area (Å²) in [5, 5.41) is 8.72. The number of aromatic nitrogens is 3. The van der Waals surface area contributed by atoms with E-state index in [0.29, 0.717) is 36.4 Å². The van der Waals surface area contributed by atoms with Gasteiger partial charge in [0, 0.05) is 5.56 Å². The summed E-state index contributed by atoms with van der Waals surface area (Å²) >= 11 is 0. The zero-order valence-corrected chi connectivity index (χ0v) is 21.5. The summed E-state index contributed by atoms with van der Waals surface area (Å²) in [6.07, 6.45) is 6.97. The lowest BCUT2D eigenvalue weighted by atomic mass is 10.1. The van der Waals surface area contributed by atoms with Crippen molar-refractivity contribution in [2.45, 2.75) is 24.5 Å². The first-order valence-electron chi connectivity index (χ1n) is 11.3. The van der Waals surface area contributed by atoms with Crippen LogP contribution in [0.5, 0.6) is 17.2 Å². The van der Waals surface area contributed by atoms with Crippen molar-refractivity contribution >= 4 is 32.7 Å². The molecule has 0 fully saturated rings. The van der Waals surface area contributed by atoms with Gasteiger partial charge in [0.15, 0.2) is 16.3 Å². The number of hydrogen-bond donors (Lipinski definition) is 1. The van der Waals surface area contributed by atoms with Crippen LogP contribution in [0.2, 0.25) is 0 Å². The SMILES string of the molecule is C#CC(=O)N1Cc2cnn(Cc3cc(OC)c4c(NS(=O)(=O)c5c(OC)cccc5OC)noc4c3)c2C1. The monoisotopic (exact) mass is 537 g/mol. The van der Waals surface area contributed by atoms with Gasteiger partial charge in [0.1, 0.15) is 22.6 Å². The van der Waals surface area contributed by atoms with Crippen LogP contribution >= 0.6 is 0 Å². The summed E-state index contributed by atoms with van der Waals surface area (Å²) < 4.78 is 52.4. The number of hydrogen-bond acceptors (Lipinski definition) is 9. The molecule has 0 saturated carbocycles. The Hall–Kier alpha value is -4.70. The van der Waals surface area contributed by atoms with Gasteiger partial charge in [0.05, 0.1) is 52.9 Å². The van der Waals surface area contributed by atoms with Crippen LogP contribution in [0.1, 0.15) is 16.8 Å². The summed E-state index contributed by atoms with van der Waals surface area (Å²) in [7, 11) is -0.00690. The highest BCUT2D eigenvalue weighted by Crippen LogP contribution is 2.38. The van der Waals surface area contributed by atoms with Crippen LogP contribution in [0.15, 0.2) is 45.9 Å². The average molecular weight is 538 g/mol. The number of anilines is 1. The first kappa shape index (κ1) is 25.0. The molecule has 2 aromatic heterocycles. The average Bonchev–Trinajstić information content (AvgIpc) is 3.63. The van der Waals surface area contributed by atoms with E-state index in [-0.39, 0.29) is 28.1 Å². The highest BCUT2D eigenvalue weighted by molar-refractivity contribution is 7.93. The predicted octanol–water partition coefficient (Wildman–Crippen LogP) is 2.37. The lowest BCUT2D eigenvalue weighted by Gasteiger charge is -2.14. The molecule has 1 aliphatic heterocycles. The molecule has 0 radical (unpaired) electrons. The normalized spacial score (nSPS) is 12.7. The third-order valence-corrected chi connectivity index (χ3v) is 7.58. The number of terminal acetylenes is 1. The summed E-state index contributed by atoms with van der Waals surface area (Å²) in [6, 6.07) is 8.11. The highest BCUT2D eigenvalue weighted by Gasteiger charge is 2.29. The molecule has 4 aromatic rings. The van der Waals surface area contributed by atoms with Crippen molar-refractivity contribution in [3.63, 3.8) is 0 Å². The Balaban J connectivity index is 1.47. The predicted molar refractivity (Wildman–Crippen MR) is 135 cm³/mol. The van der Waals surface area contributed by atoms with Gasteiger partial charge in [-0.15, -0.1) is 6.42 Å². The van der Waals surface area contributed by atoms with Crippen molar-refractivity contribution in [2.75, 3.05) is 26.1 Å². The lowest BCUT2D eigenvalue weighted by molar-refractivity contribution is -0.125. The fourth-order valence-corrected chi connectivity index (χ4v) is 5.75. The Morgan fingerprint density at radius 3 is 2.50 bits per heavy atom. The van der Waals surface area contributed by atoms with E-state index in [9.17, 15) is 13.2 Å². The van der Waals surface area contributed by atoms with Gasteiger partial charge in [-0.25, -0.2) is 8.42 Å². The number of sulfonamides is 1. The smallest absolute Gasteiger partial charge is 0.298 e. The van der Waals surface area contributed by atoms with Crippen molar-refractivity contribution < 1.29 is 31.9 Å². The van der Waals surface area contributed by atoms with Gasteiger partial charge in [-0.3, -0.25) is 14.2 Å². The molecule has 5 rings (SSSR count). The van der Waals surface area contributed by atoms with Crippen LogP contribution in [0.4, 0.5) is 5.82 Å². The van der Waals surface area contributed by atoms with Crippen molar-refractivity contribution in [1.29, 1.82) is 0 Å². The van der Waals surface area contributed by atoms with E-state index in [0.717, 1.165) is 16.8 Å². The number of nitrogens with one attached hydrogen (secondary N) is 1. The van der Waals surface area contributed by atoms with Crippen LogP contribution in [0, 0.1) is 12.3 Å². The molecule has 1 amide bonds. The molecule has 0 unspecified atom stereocenters. The van der Waals surface area contributed by atoms with Gasteiger partial charge in [0.25, 0.3) is 15.9 Å². The molecular weight excluding hydrogens is 514 g/mol. The highest BCUT2D eigenvalue weighted by atomic mass is 32.2. The molecule has 12 nitrogen and oxygen atoms in total. The van der Waals surface area contributed by atoms with E-state index in [1.807, 2.05) is 0 Å². The van der Waals surface area contributed by atoms with E-state index >= 15 is 0 Å². The van der Waals surface area contributed by atoms with E-state index in [1.54, 1.807) is 34.0 Å². The van der Waals surface area contributed by atoms with Crippen molar-refractivity contribution in [3.8, 4) is 29.6 Å². The minimum Gasteiger partial charge on any atom is -0.496 e. The molecular formula is C25H23N5O7S. The molecule has 0 atom stereocenters. The minimum atomic E-state index is -4.20. The maximum atomic E-state index is 13.3. The number of benzene rings is 2. The number of amides is 1. The quantitative estimate of drug-likeness (QED) is 0.336. The first-order chi connectivity index (χ1) is 18.3. The lowest BCUT2D eigenvalue weighted by Crippen LogP contribution is -2.24. The number of carbonyl (C=O) groups excluding carboxylic acids is 1. The number of nitrogens with zero attached hydrogens (tertiary/aromatic N) is 4. The Kier molecular flexibility index (Phi) is 6.33. The van der Waals surface area contributed by atoms with E-state index in [1.165, 1.54) is 33.5 Å². The maximum absolute atomic E-state index is 13.3. The van der Waals surface area contributed by atoms with Crippen LogP contribution < -0.4 is 18.9 Å². The van der Waals surface area contributed by atoms with Gasteiger partial charge >= 0.3 is 0 Å². The van der Waals surface area contributed by atoms with Crippen molar-refractivity contribution in [3.05, 3.63) is 53.3 Å². The Labute approximate surface area is 218 Å². The number of methoxy groups -OCH3 is 3. The van der Waals surface area contributed by atoms with Crippen LogP contribution in [-0.4, -0.2) is 55.5 Å². The van der Waals surface area contributed by atoms with E-state index < -0.39 is 10.0 Å². The molecule has 2 aromatic carbocycles. The number of ether oxygens (including phenoxy) is 3.